The van der Waals surface area contributed by atoms with Crippen molar-refractivity contribution in [3.63, 3.8) is 0 Å². The summed E-state index contributed by atoms with van der Waals surface area (Å²) in [6, 6.07) is 7.39. The minimum absolute atomic E-state index is 0.107. The fourth-order valence-electron chi connectivity index (χ4n) is 2.25. The van der Waals surface area contributed by atoms with Crippen molar-refractivity contribution in [2.45, 2.75) is 17.5 Å². The van der Waals surface area contributed by atoms with Gasteiger partial charge in [-0.2, -0.15) is 13.2 Å². The van der Waals surface area contributed by atoms with Crippen LogP contribution >= 0.6 is 11.6 Å². The molecule has 0 aliphatic rings. The van der Waals surface area contributed by atoms with Gasteiger partial charge in [0, 0.05) is 13.1 Å². The molecule has 28 heavy (non-hydrogen) atoms. The average molecular weight is 439 g/mol. The van der Waals surface area contributed by atoms with Crippen molar-refractivity contribution in [1.29, 1.82) is 0 Å². The summed E-state index contributed by atoms with van der Waals surface area (Å²) in [4.78, 5) is 11.1. The number of alkyl halides is 3. The Bertz CT molecular complexity index is 965. The molecule has 2 aromatic carbocycles. The van der Waals surface area contributed by atoms with Gasteiger partial charge in [0.1, 0.15) is 10.7 Å². The van der Waals surface area contributed by atoms with E-state index in [2.05, 4.69) is 10.0 Å². The number of rotatable bonds is 7. The smallest absolute Gasteiger partial charge is 0.355 e. The topological polar surface area (TPSA) is 75.3 Å². The molecule has 0 aliphatic heterocycles. The summed E-state index contributed by atoms with van der Waals surface area (Å²) in [6.45, 7) is -0.395. The van der Waals surface area contributed by atoms with Crippen LogP contribution in [0, 0.1) is 5.82 Å². The summed E-state index contributed by atoms with van der Waals surface area (Å²) in [5, 5.41) is 2.06. The number of carbonyl (C=O) groups is 1. The molecule has 2 rings (SSSR count). The Labute approximate surface area is 163 Å². The Hall–Kier alpha value is -2.17. The molecule has 0 spiro atoms. The van der Waals surface area contributed by atoms with Crippen molar-refractivity contribution in [2.75, 3.05) is 13.1 Å². The van der Waals surface area contributed by atoms with Crippen molar-refractivity contribution in [3.05, 3.63) is 64.4 Å². The van der Waals surface area contributed by atoms with E-state index >= 15 is 0 Å². The van der Waals surface area contributed by atoms with Crippen molar-refractivity contribution >= 4 is 27.5 Å². The normalized spacial score (nSPS) is 12.0. The first-order valence-corrected chi connectivity index (χ1v) is 9.73. The summed E-state index contributed by atoms with van der Waals surface area (Å²) >= 11 is 5.71. The lowest BCUT2D eigenvalue weighted by Crippen LogP contribution is -2.35. The van der Waals surface area contributed by atoms with Crippen LogP contribution < -0.4 is 10.0 Å². The highest BCUT2D eigenvalue weighted by atomic mass is 35.5. The maximum Gasteiger partial charge on any atom is 0.416 e. The Kier molecular flexibility index (Phi) is 7.02. The zero-order valence-electron chi connectivity index (χ0n) is 14.2. The number of amides is 1. The molecule has 1 amide bonds. The number of hydrogen-bond donors (Lipinski definition) is 2. The van der Waals surface area contributed by atoms with Crippen LogP contribution in [-0.4, -0.2) is 27.4 Å². The van der Waals surface area contributed by atoms with E-state index in [0.29, 0.717) is 17.7 Å². The zero-order chi connectivity index (χ0) is 20.9. The maximum atomic E-state index is 13.1. The van der Waals surface area contributed by atoms with Crippen molar-refractivity contribution in [3.8, 4) is 0 Å². The van der Waals surface area contributed by atoms with Crippen molar-refractivity contribution in [2.24, 2.45) is 0 Å². The van der Waals surface area contributed by atoms with E-state index in [1.54, 1.807) is 6.07 Å². The molecule has 0 atom stereocenters. The molecule has 152 valence electrons. The van der Waals surface area contributed by atoms with Crippen LogP contribution in [-0.2, 0) is 27.4 Å². The first-order chi connectivity index (χ1) is 13.0. The molecule has 0 radical (unpaired) electrons. The van der Waals surface area contributed by atoms with E-state index in [0.717, 1.165) is 6.07 Å². The number of nitrogens with one attached hydrogen (secondary N) is 2. The highest BCUT2D eigenvalue weighted by molar-refractivity contribution is 7.89. The summed E-state index contributed by atoms with van der Waals surface area (Å²) in [5.41, 5.74) is -0.713. The summed E-state index contributed by atoms with van der Waals surface area (Å²) in [6.07, 6.45) is -4.83. The molecule has 0 bridgehead atoms. The van der Waals surface area contributed by atoms with Gasteiger partial charge in [0.05, 0.1) is 17.0 Å². The van der Waals surface area contributed by atoms with Crippen LogP contribution in [0.1, 0.15) is 11.1 Å². The van der Waals surface area contributed by atoms with E-state index in [-0.39, 0.29) is 24.5 Å². The van der Waals surface area contributed by atoms with E-state index in [1.165, 1.54) is 18.2 Å². The number of hydrogen-bond acceptors (Lipinski definition) is 3. The quantitative estimate of drug-likeness (QED) is 0.515. The third kappa shape index (κ3) is 6.18. The molecule has 0 aromatic heterocycles. The van der Waals surface area contributed by atoms with Gasteiger partial charge in [-0.25, -0.2) is 17.5 Å². The molecule has 0 fully saturated rings. The lowest BCUT2D eigenvalue weighted by molar-refractivity contribution is -0.137. The first kappa shape index (κ1) is 22.1. The number of carbonyl (C=O) groups excluding carboxylic acids is 1. The second-order valence-corrected chi connectivity index (χ2v) is 7.84. The van der Waals surface area contributed by atoms with Gasteiger partial charge in [0.25, 0.3) is 0 Å². The standard InChI is InChI=1S/C17H15ClF4N2O3S/c18-14-5-4-12(17(20,21)22)10-15(14)28(26,27)24-7-6-23-16(25)9-11-2-1-3-13(19)8-11/h1-5,8,10,24H,6-7,9H2,(H,23,25). The van der Waals surface area contributed by atoms with Gasteiger partial charge in [-0.3, -0.25) is 4.79 Å². The lowest BCUT2D eigenvalue weighted by Gasteiger charge is -2.12. The SMILES string of the molecule is O=C(Cc1cccc(F)c1)NCCNS(=O)(=O)c1cc(C(F)(F)F)ccc1Cl. The summed E-state index contributed by atoms with van der Waals surface area (Å²) < 4.78 is 77.8. The molecular formula is C17H15ClF4N2O3S. The molecule has 2 N–H and O–H groups in total. The minimum Gasteiger partial charge on any atom is -0.355 e. The third-order valence-corrected chi connectivity index (χ3v) is 5.48. The monoisotopic (exact) mass is 438 g/mol. The van der Waals surface area contributed by atoms with Gasteiger partial charge >= 0.3 is 6.18 Å². The van der Waals surface area contributed by atoms with E-state index < -0.39 is 38.4 Å². The zero-order valence-corrected chi connectivity index (χ0v) is 15.8. The number of benzene rings is 2. The van der Waals surface area contributed by atoms with Crippen LogP contribution in [0.25, 0.3) is 0 Å². The highest BCUT2D eigenvalue weighted by Gasteiger charge is 2.32. The molecular weight excluding hydrogens is 424 g/mol. The number of halogens is 5. The second-order valence-electron chi connectivity index (χ2n) is 5.70. The maximum absolute atomic E-state index is 13.1. The lowest BCUT2D eigenvalue weighted by atomic mass is 10.1. The van der Waals surface area contributed by atoms with Gasteiger partial charge in [-0.05, 0) is 35.9 Å². The average Bonchev–Trinajstić information content (AvgIpc) is 2.58. The van der Waals surface area contributed by atoms with E-state index in [9.17, 15) is 30.8 Å². The van der Waals surface area contributed by atoms with Crippen LogP contribution in [0.2, 0.25) is 5.02 Å². The fraction of sp³-hybridized carbons (Fsp3) is 0.235. The van der Waals surface area contributed by atoms with Gasteiger partial charge in [0.15, 0.2) is 0 Å². The largest absolute Gasteiger partial charge is 0.416 e. The minimum atomic E-state index is -4.72. The first-order valence-electron chi connectivity index (χ1n) is 7.86. The molecule has 2 aromatic rings. The summed E-state index contributed by atoms with van der Waals surface area (Å²) in [7, 11) is -4.32. The predicted octanol–water partition coefficient (Wildman–Crippen LogP) is 3.14. The molecule has 0 saturated heterocycles. The number of sulfonamides is 1. The molecule has 0 unspecified atom stereocenters. The highest BCUT2D eigenvalue weighted by Crippen LogP contribution is 2.33. The Balaban J connectivity index is 1.92. The second kappa shape index (κ2) is 8.89. The van der Waals surface area contributed by atoms with Crippen molar-refractivity contribution < 1.29 is 30.8 Å². The third-order valence-electron chi connectivity index (χ3n) is 3.54. The van der Waals surface area contributed by atoms with Crippen LogP contribution in [0.5, 0.6) is 0 Å². The summed E-state index contributed by atoms with van der Waals surface area (Å²) in [5.74, 6) is -0.960. The van der Waals surface area contributed by atoms with E-state index in [4.69, 9.17) is 11.6 Å². The Morgan fingerprint density at radius 1 is 1.07 bits per heavy atom. The van der Waals surface area contributed by atoms with Gasteiger partial charge in [-0.1, -0.05) is 23.7 Å². The van der Waals surface area contributed by atoms with E-state index in [1.807, 2.05) is 0 Å². The molecule has 0 heterocycles. The van der Waals surface area contributed by atoms with Gasteiger partial charge in [0.2, 0.25) is 15.9 Å². The molecule has 0 saturated carbocycles. The Morgan fingerprint density at radius 3 is 2.43 bits per heavy atom. The van der Waals surface area contributed by atoms with Crippen LogP contribution in [0.3, 0.4) is 0 Å². The Morgan fingerprint density at radius 2 is 1.79 bits per heavy atom. The van der Waals surface area contributed by atoms with Crippen LogP contribution in [0.15, 0.2) is 47.4 Å². The van der Waals surface area contributed by atoms with Crippen LogP contribution in [0.4, 0.5) is 17.6 Å². The fourth-order valence-corrected chi connectivity index (χ4v) is 3.80. The van der Waals surface area contributed by atoms with Gasteiger partial charge < -0.3 is 5.32 Å². The van der Waals surface area contributed by atoms with Crippen molar-refractivity contribution in [1.82, 2.24) is 10.0 Å². The molecule has 11 heteroatoms. The predicted molar refractivity (Wildman–Crippen MR) is 94.8 cm³/mol. The molecule has 0 aliphatic carbocycles. The van der Waals surface area contributed by atoms with Gasteiger partial charge in [-0.15, -0.1) is 0 Å². The molecule has 5 nitrogen and oxygen atoms in total.